The molecule has 120 valence electrons. The van der Waals surface area contributed by atoms with E-state index in [1.54, 1.807) is 6.07 Å². The Morgan fingerprint density at radius 1 is 1.17 bits per heavy atom. The lowest BCUT2D eigenvalue weighted by atomic mass is 10.1. The second-order valence-electron chi connectivity index (χ2n) is 5.01. The van der Waals surface area contributed by atoms with Gasteiger partial charge >= 0.3 is 5.97 Å². The molecule has 7 heteroatoms. The molecule has 3 rings (SSSR count). The molecule has 1 heterocycles. The molecule has 0 aliphatic heterocycles. The van der Waals surface area contributed by atoms with E-state index in [0.717, 1.165) is 10.9 Å². The number of non-ortho nitro benzene ring substituents is 1. The summed E-state index contributed by atoms with van der Waals surface area (Å²) in [7, 11) is 0. The van der Waals surface area contributed by atoms with Crippen molar-refractivity contribution in [2.75, 3.05) is 0 Å². The van der Waals surface area contributed by atoms with Gasteiger partial charge in [-0.05, 0) is 18.2 Å². The van der Waals surface area contributed by atoms with Crippen molar-refractivity contribution in [3.8, 4) is 0 Å². The minimum absolute atomic E-state index is 0.0712. The molecule has 0 atom stereocenters. The maximum Gasteiger partial charge on any atom is 0.338 e. The Labute approximate surface area is 141 Å². The predicted molar refractivity (Wildman–Crippen MR) is 89.0 cm³/mol. The van der Waals surface area contributed by atoms with Crippen LogP contribution >= 0.6 is 11.6 Å². The van der Waals surface area contributed by atoms with E-state index in [-0.39, 0.29) is 23.0 Å². The fourth-order valence-corrected chi connectivity index (χ4v) is 2.41. The van der Waals surface area contributed by atoms with Crippen LogP contribution in [0.1, 0.15) is 15.9 Å². The quantitative estimate of drug-likeness (QED) is 0.308. The van der Waals surface area contributed by atoms with Gasteiger partial charge in [0.25, 0.3) is 5.69 Å². The van der Waals surface area contributed by atoms with Gasteiger partial charge in [0.05, 0.1) is 16.0 Å². The first-order valence-corrected chi connectivity index (χ1v) is 7.38. The number of halogens is 1. The van der Waals surface area contributed by atoms with E-state index in [1.165, 1.54) is 24.3 Å². The lowest BCUT2D eigenvalue weighted by molar-refractivity contribution is -0.384. The van der Waals surface area contributed by atoms with Crippen molar-refractivity contribution in [3.63, 3.8) is 0 Å². The average Bonchev–Trinajstić information content (AvgIpc) is 2.59. The molecule has 2 aromatic carbocycles. The van der Waals surface area contributed by atoms with Crippen LogP contribution in [0.4, 0.5) is 5.69 Å². The molecule has 0 spiro atoms. The van der Waals surface area contributed by atoms with E-state index in [2.05, 4.69) is 4.98 Å². The fraction of sp³-hybridized carbons (Fsp3) is 0.0588. The van der Waals surface area contributed by atoms with E-state index < -0.39 is 10.9 Å². The summed E-state index contributed by atoms with van der Waals surface area (Å²) in [5, 5.41) is 11.9. The first-order chi connectivity index (χ1) is 11.5. The van der Waals surface area contributed by atoms with Crippen LogP contribution in [0, 0.1) is 10.1 Å². The minimum atomic E-state index is -0.664. The highest BCUT2D eigenvalue weighted by Gasteiger charge is 2.14. The number of nitrogens with zero attached hydrogens (tertiary/aromatic N) is 2. The minimum Gasteiger partial charge on any atom is -0.457 e. The zero-order valence-corrected chi connectivity index (χ0v) is 13.1. The number of nitro groups is 1. The average molecular weight is 343 g/mol. The number of hydrogen-bond acceptors (Lipinski definition) is 5. The maximum atomic E-state index is 12.1. The van der Waals surface area contributed by atoms with Gasteiger partial charge in [-0.25, -0.2) is 9.78 Å². The molecular weight excluding hydrogens is 332 g/mol. The summed E-state index contributed by atoms with van der Waals surface area (Å²) in [5.74, 6) is -0.664. The lowest BCUT2D eigenvalue weighted by Gasteiger charge is -2.08. The van der Waals surface area contributed by atoms with Crippen LogP contribution in [0.3, 0.4) is 0 Å². The number of fused-ring (bicyclic) bond motifs is 1. The number of carbonyl (C=O) groups excluding carboxylic acids is 1. The van der Waals surface area contributed by atoms with Gasteiger partial charge in [-0.2, -0.15) is 0 Å². The van der Waals surface area contributed by atoms with Crippen LogP contribution in [-0.2, 0) is 11.3 Å². The van der Waals surface area contributed by atoms with Crippen LogP contribution in [0.2, 0.25) is 5.15 Å². The topological polar surface area (TPSA) is 82.3 Å². The van der Waals surface area contributed by atoms with Crippen LogP contribution < -0.4 is 0 Å². The fourth-order valence-electron chi connectivity index (χ4n) is 2.21. The van der Waals surface area contributed by atoms with Crippen molar-refractivity contribution in [1.82, 2.24) is 4.98 Å². The van der Waals surface area contributed by atoms with Crippen molar-refractivity contribution in [3.05, 3.63) is 81.0 Å². The van der Waals surface area contributed by atoms with E-state index in [9.17, 15) is 14.9 Å². The van der Waals surface area contributed by atoms with E-state index in [4.69, 9.17) is 16.3 Å². The molecule has 0 amide bonds. The number of pyridine rings is 1. The van der Waals surface area contributed by atoms with Gasteiger partial charge in [0.15, 0.2) is 0 Å². The number of esters is 1. The number of nitro benzene ring substituents is 1. The molecule has 6 nitrogen and oxygen atoms in total. The Balaban J connectivity index is 1.78. The molecule has 0 N–H and O–H groups in total. The second kappa shape index (κ2) is 6.64. The van der Waals surface area contributed by atoms with Gasteiger partial charge in [0.2, 0.25) is 0 Å². The molecule has 24 heavy (non-hydrogen) atoms. The molecular formula is C17H11ClN2O4. The summed E-state index contributed by atoms with van der Waals surface area (Å²) in [6.45, 7) is -0.0712. The lowest BCUT2D eigenvalue weighted by Crippen LogP contribution is -2.06. The highest BCUT2D eigenvalue weighted by molar-refractivity contribution is 6.30. The van der Waals surface area contributed by atoms with Gasteiger partial charge in [-0.15, -0.1) is 0 Å². The Bertz CT molecular complexity index is 943. The van der Waals surface area contributed by atoms with Crippen LogP contribution in [0.25, 0.3) is 10.9 Å². The number of aromatic nitrogens is 1. The van der Waals surface area contributed by atoms with Crippen molar-refractivity contribution in [2.45, 2.75) is 6.61 Å². The number of hydrogen-bond donors (Lipinski definition) is 0. The summed E-state index contributed by atoms with van der Waals surface area (Å²) in [6.07, 6.45) is 0. The number of benzene rings is 2. The van der Waals surface area contributed by atoms with Crippen molar-refractivity contribution < 1.29 is 14.5 Å². The third-order valence-corrected chi connectivity index (χ3v) is 3.73. The molecule has 0 bridgehead atoms. The Morgan fingerprint density at radius 2 is 1.96 bits per heavy atom. The maximum absolute atomic E-state index is 12.1. The molecule has 0 fully saturated rings. The zero-order chi connectivity index (χ0) is 17.1. The summed E-state index contributed by atoms with van der Waals surface area (Å²) in [5.41, 5.74) is 1.24. The molecule has 0 radical (unpaired) electrons. The molecule has 0 unspecified atom stereocenters. The number of para-hydroxylation sites is 1. The number of rotatable bonds is 4. The third kappa shape index (κ3) is 3.33. The normalized spacial score (nSPS) is 10.5. The monoisotopic (exact) mass is 342 g/mol. The number of ether oxygens (including phenoxy) is 1. The van der Waals surface area contributed by atoms with Crippen LogP contribution in [-0.4, -0.2) is 15.9 Å². The van der Waals surface area contributed by atoms with Gasteiger partial charge in [-0.3, -0.25) is 10.1 Å². The first kappa shape index (κ1) is 15.9. The van der Waals surface area contributed by atoms with Crippen LogP contribution in [0.15, 0.2) is 54.6 Å². The molecule has 1 aromatic heterocycles. The zero-order valence-electron chi connectivity index (χ0n) is 12.3. The highest BCUT2D eigenvalue weighted by atomic mass is 35.5. The summed E-state index contributed by atoms with van der Waals surface area (Å²) in [4.78, 5) is 26.5. The summed E-state index contributed by atoms with van der Waals surface area (Å²) in [6, 6.07) is 14.6. The molecule has 0 saturated heterocycles. The Morgan fingerprint density at radius 3 is 2.75 bits per heavy atom. The first-order valence-electron chi connectivity index (χ1n) is 7.00. The Kier molecular flexibility index (Phi) is 4.39. The van der Waals surface area contributed by atoms with Gasteiger partial charge in [0, 0.05) is 23.1 Å². The van der Waals surface area contributed by atoms with Crippen LogP contribution in [0.5, 0.6) is 0 Å². The molecule has 0 saturated carbocycles. The predicted octanol–water partition coefficient (Wildman–Crippen LogP) is 4.15. The third-order valence-electron chi connectivity index (χ3n) is 3.40. The van der Waals surface area contributed by atoms with Crippen molar-refractivity contribution >= 4 is 34.2 Å². The van der Waals surface area contributed by atoms with Gasteiger partial charge in [0.1, 0.15) is 11.8 Å². The summed E-state index contributed by atoms with van der Waals surface area (Å²) >= 11 is 6.11. The molecule has 0 aliphatic rings. The van der Waals surface area contributed by atoms with Gasteiger partial charge < -0.3 is 4.74 Å². The van der Waals surface area contributed by atoms with Crippen molar-refractivity contribution in [1.29, 1.82) is 0 Å². The Hall–Kier alpha value is -2.99. The molecule has 0 aliphatic carbocycles. The number of carbonyl (C=O) groups is 1. The smallest absolute Gasteiger partial charge is 0.338 e. The molecule has 3 aromatic rings. The van der Waals surface area contributed by atoms with Gasteiger partial charge in [-0.1, -0.05) is 35.9 Å². The van der Waals surface area contributed by atoms with Crippen molar-refractivity contribution in [2.24, 2.45) is 0 Å². The SMILES string of the molecule is O=C(OCc1cc2ccccc2nc1Cl)c1cccc([N+](=O)[O-])c1. The van der Waals surface area contributed by atoms with E-state index in [0.29, 0.717) is 5.56 Å². The standard InChI is InChI=1S/C17H11ClN2O4/c18-16-13(8-11-4-1-2-7-15(11)19-16)10-24-17(21)12-5-3-6-14(9-12)20(22)23/h1-9H,10H2. The summed E-state index contributed by atoms with van der Waals surface area (Å²) < 4.78 is 5.19. The largest absolute Gasteiger partial charge is 0.457 e. The highest BCUT2D eigenvalue weighted by Crippen LogP contribution is 2.22. The second-order valence-corrected chi connectivity index (χ2v) is 5.37. The van der Waals surface area contributed by atoms with E-state index in [1.807, 2.05) is 24.3 Å². The van der Waals surface area contributed by atoms with E-state index >= 15 is 0 Å².